The first kappa shape index (κ1) is 11.6. The normalized spacial score (nSPS) is 16.6. The van der Waals surface area contributed by atoms with E-state index in [9.17, 15) is 18.7 Å². The molecule has 0 radical (unpaired) electrons. The lowest BCUT2D eigenvalue weighted by Crippen LogP contribution is -2.21. The Morgan fingerprint density at radius 1 is 1.41 bits per heavy atom. The van der Waals surface area contributed by atoms with E-state index in [1.165, 1.54) is 0 Å². The molecule has 0 saturated heterocycles. The summed E-state index contributed by atoms with van der Waals surface area (Å²) in [6.07, 6.45) is 0.515. The van der Waals surface area contributed by atoms with Gasteiger partial charge in [0.15, 0.2) is 17.3 Å². The van der Waals surface area contributed by atoms with Gasteiger partial charge >= 0.3 is 5.97 Å². The minimum atomic E-state index is -1.36. The van der Waals surface area contributed by atoms with E-state index in [4.69, 9.17) is 5.11 Å². The first-order valence-corrected chi connectivity index (χ1v) is 4.93. The molecule has 0 bridgehead atoms. The highest BCUT2D eigenvalue weighted by Crippen LogP contribution is 2.51. The minimum absolute atomic E-state index is 0.235. The summed E-state index contributed by atoms with van der Waals surface area (Å²) in [5.74, 6) is -5.22. The van der Waals surface area contributed by atoms with Crippen LogP contribution >= 0.6 is 0 Å². The molecule has 0 spiro atoms. The fourth-order valence-corrected chi connectivity index (χ4v) is 1.82. The molecule has 0 aliphatic heterocycles. The molecule has 4 nitrogen and oxygen atoms in total. The predicted molar refractivity (Wildman–Crippen MR) is 53.1 cm³/mol. The van der Waals surface area contributed by atoms with Gasteiger partial charge in [-0.15, -0.1) is 0 Å². The molecule has 17 heavy (non-hydrogen) atoms. The van der Waals surface area contributed by atoms with Crippen LogP contribution in [0, 0.1) is 11.6 Å². The Morgan fingerprint density at radius 3 is 2.41 bits per heavy atom. The summed E-state index contributed by atoms with van der Waals surface area (Å²) in [5, 5.41) is 18.3. The zero-order valence-electron chi connectivity index (χ0n) is 8.96. The van der Waals surface area contributed by atoms with Crippen LogP contribution in [0.1, 0.15) is 18.4 Å². The highest BCUT2D eigenvalue weighted by atomic mass is 19.1. The highest BCUT2D eigenvalue weighted by molar-refractivity contribution is 5.85. The van der Waals surface area contributed by atoms with Crippen molar-refractivity contribution >= 4 is 5.97 Å². The zero-order chi connectivity index (χ0) is 12.8. The fourth-order valence-electron chi connectivity index (χ4n) is 1.82. The van der Waals surface area contributed by atoms with Crippen molar-refractivity contribution in [3.63, 3.8) is 0 Å². The van der Waals surface area contributed by atoms with Gasteiger partial charge in [0.1, 0.15) is 0 Å². The quantitative estimate of drug-likeness (QED) is 0.850. The monoisotopic (exact) mass is 244 g/mol. The van der Waals surface area contributed by atoms with Crippen LogP contribution in [0.25, 0.3) is 0 Å². The van der Waals surface area contributed by atoms with Gasteiger partial charge in [-0.1, -0.05) is 0 Å². The number of halogens is 2. The number of carboxylic acids is 1. The molecule has 92 valence electrons. The van der Waals surface area contributed by atoms with E-state index in [-0.39, 0.29) is 24.2 Å². The van der Waals surface area contributed by atoms with Crippen LogP contribution in [0.3, 0.4) is 0 Å². The Labute approximate surface area is 95.4 Å². The van der Waals surface area contributed by atoms with E-state index >= 15 is 0 Å². The maximum atomic E-state index is 13.7. The Balaban J connectivity index is 2.63. The van der Waals surface area contributed by atoms with Crippen molar-refractivity contribution in [1.82, 2.24) is 0 Å². The van der Waals surface area contributed by atoms with Crippen molar-refractivity contribution in [3.05, 3.63) is 23.3 Å². The van der Waals surface area contributed by atoms with Crippen molar-refractivity contribution < 1.29 is 28.5 Å². The maximum absolute atomic E-state index is 13.7. The number of aromatic hydroxyl groups is 1. The zero-order valence-corrected chi connectivity index (χ0v) is 8.96. The lowest BCUT2D eigenvalue weighted by Gasteiger charge is -2.14. The van der Waals surface area contributed by atoms with E-state index < -0.39 is 28.8 Å². The molecule has 0 aromatic heterocycles. The number of hydrogen-bond donors (Lipinski definition) is 2. The van der Waals surface area contributed by atoms with Crippen LogP contribution in [-0.4, -0.2) is 23.3 Å². The van der Waals surface area contributed by atoms with E-state index in [0.29, 0.717) is 0 Å². The molecule has 0 unspecified atom stereocenters. The summed E-state index contributed by atoms with van der Waals surface area (Å²) in [6.45, 7) is 0. The second-order valence-electron chi connectivity index (χ2n) is 3.99. The minimum Gasteiger partial charge on any atom is -0.503 e. The molecule has 0 amide bonds. The van der Waals surface area contributed by atoms with E-state index in [2.05, 4.69) is 4.74 Å². The summed E-state index contributed by atoms with van der Waals surface area (Å²) < 4.78 is 31.6. The number of methoxy groups -OCH3 is 1. The van der Waals surface area contributed by atoms with E-state index in [1.54, 1.807) is 0 Å². The van der Waals surface area contributed by atoms with Gasteiger partial charge in [0, 0.05) is 5.56 Å². The van der Waals surface area contributed by atoms with Gasteiger partial charge in [0.05, 0.1) is 12.5 Å². The molecular formula is C11H10F2O4. The third kappa shape index (κ3) is 1.51. The maximum Gasteiger partial charge on any atom is 0.314 e. The summed E-state index contributed by atoms with van der Waals surface area (Å²) in [6, 6.07) is 0.992. The standard InChI is InChI=1S/C11H10F2O4/c1-17-6-4-5(7(12)9(14)8(6)13)11(2-3-11)10(15)16/h4,14H,2-3H2,1H3,(H,15,16). The van der Waals surface area contributed by atoms with Crippen molar-refractivity contribution in [2.75, 3.05) is 7.11 Å². The van der Waals surface area contributed by atoms with Crippen LogP contribution in [-0.2, 0) is 10.2 Å². The topological polar surface area (TPSA) is 66.8 Å². The molecule has 1 aliphatic rings. The first-order valence-electron chi connectivity index (χ1n) is 4.93. The number of hydrogen-bond acceptors (Lipinski definition) is 3. The van der Waals surface area contributed by atoms with Crippen LogP contribution in [0.4, 0.5) is 8.78 Å². The van der Waals surface area contributed by atoms with Crippen LogP contribution in [0.15, 0.2) is 6.07 Å². The Hall–Kier alpha value is -1.85. The fraction of sp³-hybridized carbons (Fsp3) is 0.364. The largest absolute Gasteiger partial charge is 0.503 e. The number of benzene rings is 1. The summed E-state index contributed by atoms with van der Waals surface area (Å²) in [4.78, 5) is 11.0. The second kappa shape index (κ2) is 3.58. The molecule has 1 saturated carbocycles. The molecular weight excluding hydrogens is 234 g/mol. The SMILES string of the molecule is COc1cc(C2(C(=O)O)CC2)c(F)c(O)c1F. The van der Waals surface area contributed by atoms with Gasteiger partial charge in [0.2, 0.25) is 5.82 Å². The molecule has 2 rings (SSSR count). The van der Waals surface area contributed by atoms with Gasteiger partial charge in [-0.2, -0.15) is 4.39 Å². The number of carboxylic acid groups (broad SMARTS) is 1. The molecule has 0 atom stereocenters. The van der Waals surface area contributed by atoms with Gasteiger partial charge in [-0.3, -0.25) is 4.79 Å². The second-order valence-corrected chi connectivity index (χ2v) is 3.99. The third-order valence-corrected chi connectivity index (χ3v) is 3.04. The number of ether oxygens (including phenoxy) is 1. The summed E-state index contributed by atoms with van der Waals surface area (Å²) >= 11 is 0. The number of aliphatic carboxylic acids is 1. The lowest BCUT2D eigenvalue weighted by atomic mass is 9.94. The summed E-state index contributed by atoms with van der Waals surface area (Å²) in [5.41, 5.74) is -1.59. The Bertz CT molecular complexity index is 495. The molecule has 1 aromatic rings. The Kier molecular flexibility index (Phi) is 2.45. The van der Waals surface area contributed by atoms with Crippen LogP contribution in [0.2, 0.25) is 0 Å². The average molecular weight is 244 g/mol. The highest BCUT2D eigenvalue weighted by Gasteiger charge is 2.54. The molecule has 1 aromatic carbocycles. The number of carbonyl (C=O) groups is 1. The van der Waals surface area contributed by atoms with Gasteiger partial charge in [0.25, 0.3) is 0 Å². The van der Waals surface area contributed by atoms with Crippen molar-refractivity contribution in [2.24, 2.45) is 0 Å². The number of phenols is 1. The third-order valence-electron chi connectivity index (χ3n) is 3.04. The molecule has 0 heterocycles. The van der Waals surface area contributed by atoms with Crippen molar-refractivity contribution in [2.45, 2.75) is 18.3 Å². The van der Waals surface area contributed by atoms with Gasteiger partial charge < -0.3 is 14.9 Å². The van der Waals surface area contributed by atoms with E-state index in [1.807, 2.05) is 0 Å². The Morgan fingerprint density at radius 2 is 2.00 bits per heavy atom. The van der Waals surface area contributed by atoms with Crippen molar-refractivity contribution in [1.29, 1.82) is 0 Å². The molecule has 1 fully saturated rings. The molecule has 6 heteroatoms. The lowest BCUT2D eigenvalue weighted by molar-refractivity contribution is -0.140. The molecule has 1 aliphatic carbocycles. The number of phenolic OH excluding ortho intramolecular Hbond substituents is 1. The van der Waals surface area contributed by atoms with Crippen LogP contribution < -0.4 is 4.74 Å². The van der Waals surface area contributed by atoms with Gasteiger partial charge in [-0.25, -0.2) is 4.39 Å². The predicted octanol–water partition coefficient (Wildman–Crippen LogP) is 1.80. The van der Waals surface area contributed by atoms with Gasteiger partial charge in [-0.05, 0) is 18.9 Å². The molecule has 2 N–H and O–H groups in total. The first-order chi connectivity index (χ1) is 7.94. The number of rotatable bonds is 3. The average Bonchev–Trinajstić information content (AvgIpc) is 3.08. The summed E-state index contributed by atoms with van der Waals surface area (Å²) in [7, 11) is 1.15. The van der Waals surface area contributed by atoms with E-state index in [0.717, 1.165) is 13.2 Å². The smallest absolute Gasteiger partial charge is 0.314 e. The van der Waals surface area contributed by atoms with Crippen LogP contribution in [0.5, 0.6) is 11.5 Å². The van der Waals surface area contributed by atoms with Crippen molar-refractivity contribution in [3.8, 4) is 11.5 Å².